The van der Waals surface area contributed by atoms with Crippen LogP contribution in [0.5, 0.6) is 0 Å². The molecule has 6 heteroatoms. The number of nitrogens with one attached hydrogen (secondary N) is 1. The van der Waals surface area contributed by atoms with Gasteiger partial charge in [0.15, 0.2) is 0 Å². The maximum atomic E-state index is 5.58. The molecule has 0 amide bonds. The highest BCUT2D eigenvalue weighted by Gasteiger charge is 2.26. The highest BCUT2D eigenvalue weighted by Crippen LogP contribution is 2.30. The fraction of sp³-hybridized carbons (Fsp3) is 0.421. The zero-order chi connectivity index (χ0) is 18.2. The average molecular weight is 338 g/mol. The summed E-state index contributed by atoms with van der Waals surface area (Å²) in [6.07, 6.45) is 8.43. The van der Waals surface area contributed by atoms with Crippen molar-refractivity contribution in [2.75, 3.05) is 11.1 Å². The number of nitrogen functional groups attached to an aromatic ring is 1. The third-order valence-corrected chi connectivity index (χ3v) is 3.95. The lowest BCUT2D eigenvalue weighted by atomic mass is 9.82. The van der Waals surface area contributed by atoms with Gasteiger partial charge in [0.2, 0.25) is 5.95 Å². The molecule has 0 aliphatic heterocycles. The van der Waals surface area contributed by atoms with Crippen molar-refractivity contribution in [2.24, 2.45) is 5.41 Å². The third kappa shape index (κ3) is 4.07. The van der Waals surface area contributed by atoms with E-state index in [0.717, 1.165) is 29.0 Å². The number of hydrogen-bond acceptors (Lipinski definition) is 5. The minimum Gasteiger partial charge on any atom is -0.368 e. The quantitative estimate of drug-likeness (QED) is 0.751. The number of fused-ring (bicyclic) bond motifs is 1. The number of nitrogens with zero attached hydrogens (tertiary/aromatic N) is 4. The Morgan fingerprint density at radius 3 is 2.28 bits per heavy atom. The van der Waals surface area contributed by atoms with Gasteiger partial charge in [-0.05, 0) is 37.8 Å². The van der Waals surface area contributed by atoms with Crippen LogP contribution in [0, 0.1) is 5.41 Å². The van der Waals surface area contributed by atoms with E-state index in [-0.39, 0.29) is 16.9 Å². The van der Waals surface area contributed by atoms with Gasteiger partial charge in [-0.2, -0.15) is 0 Å². The van der Waals surface area contributed by atoms with Gasteiger partial charge >= 0.3 is 0 Å². The molecule has 0 saturated carbocycles. The van der Waals surface area contributed by atoms with Gasteiger partial charge in [0.05, 0.1) is 6.20 Å². The summed E-state index contributed by atoms with van der Waals surface area (Å²) in [6.45, 7) is 11.2. The molecule has 3 aromatic rings. The Kier molecular flexibility index (Phi) is 4.14. The second-order valence-corrected chi connectivity index (χ2v) is 8.37. The summed E-state index contributed by atoms with van der Waals surface area (Å²) in [4.78, 5) is 12.6. The lowest BCUT2D eigenvalue weighted by Gasteiger charge is -2.33. The Balaban J connectivity index is 1.94. The molecule has 132 valence electrons. The van der Waals surface area contributed by atoms with Gasteiger partial charge in [-0.3, -0.25) is 4.40 Å². The molecule has 0 saturated heterocycles. The molecule has 0 fully saturated rings. The Bertz CT molecular complexity index is 871. The Labute approximate surface area is 148 Å². The molecule has 0 radical (unpaired) electrons. The smallest absolute Gasteiger partial charge is 0.219 e. The lowest BCUT2D eigenvalue weighted by molar-refractivity contribution is 0.302. The van der Waals surface area contributed by atoms with Crippen LogP contribution in [0.15, 0.2) is 36.9 Å². The van der Waals surface area contributed by atoms with E-state index < -0.39 is 0 Å². The second-order valence-electron chi connectivity index (χ2n) is 8.37. The number of rotatable bonds is 4. The lowest BCUT2D eigenvalue weighted by Crippen LogP contribution is -2.35. The number of anilines is 2. The summed E-state index contributed by atoms with van der Waals surface area (Å²) in [6, 6.07) is 4.01. The minimum absolute atomic E-state index is 0.0471. The number of aromatic nitrogens is 4. The molecular formula is C19H26N6. The summed E-state index contributed by atoms with van der Waals surface area (Å²) in [7, 11) is 0. The summed E-state index contributed by atoms with van der Waals surface area (Å²) in [5.41, 5.74) is 8.60. The van der Waals surface area contributed by atoms with Gasteiger partial charge in [-0.15, -0.1) is 0 Å². The normalized spacial score (nSPS) is 12.5. The molecule has 6 nitrogen and oxygen atoms in total. The van der Waals surface area contributed by atoms with Crippen molar-refractivity contribution in [3.05, 3.63) is 36.9 Å². The summed E-state index contributed by atoms with van der Waals surface area (Å²) in [5.74, 6) is 1.25. The Morgan fingerprint density at radius 2 is 1.64 bits per heavy atom. The fourth-order valence-corrected chi connectivity index (χ4v) is 3.45. The third-order valence-electron chi connectivity index (χ3n) is 3.95. The predicted molar refractivity (Wildman–Crippen MR) is 102 cm³/mol. The van der Waals surface area contributed by atoms with Crippen molar-refractivity contribution in [1.82, 2.24) is 19.4 Å². The fourth-order valence-electron chi connectivity index (χ4n) is 3.45. The van der Waals surface area contributed by atoms with Crippen molar-refractivity contribution in [2.45, 2.75) is 46.6 Å². The molecule has 0 atom stereocenters. The molecule has 3 heterocycles. The van der Waals surface area contributed by atoms with Crippen molar-refractivity contribution >= 4 is 17.4 Å². The Morgan fingerprint density at radius 1 is 0.960 bits per heavy atom. The van der Waals surface area contributed by atoms with Crippen LogP contribution in [0.1, 0.15) is 41.0 Å². The first-order valence-electron chi connectivity index (χ1n) is 8.46. The zero-order valence-corrected chi connectivity index (χ0v) is 15.5. The summed E-state index contributed by atoms with van der Waals surface area (Å²) < 4.78 is 2.07. The first kappa shape index (κ1) is 17.2. The van der Waals surface area contributed by atoms with Crippen LogP contribution >= 0.6 is 0 Å². The highest BCUT2D eigenvalue weighted by atomic mass is 15.1. The topological polar surface area (TPSA) is 81.1 Å². The van der Waals surface area contributed by atoms with E-state index in [2.05, 4.69) is 59.3 Å². The van der Waals surface area contributed by atoms with E-state index in [4.69, 9.17) is 5.73 Å². The van der Waals surface area contributed by atoms with Crippen molar-refractivity contribution in [1.29, 1.82) is 0 Å². The molecule has 0 bridgehead atoms. The molecule has 3 N–H and O–H groups in total. The standard InChI is InChI=1S/C19H26N6/c1-18(2,3)12-19(4,5)24-16-10-21-15-7-6-13(11-25(15)16)14-8-22-17(20)23-9-14/h6-11,24H,12H2,1-5H3,(H2,20,22,23). The van der Waals surface area contributed by atoms with Gasteiger partial charge < -0.3 is 11.1 Å². The van der Waals surface area contributed by atoms with E-state index in [1.54, 1.807) is 12.4 Å². The molecule has 0 spiro atoms. The van der Waals surface area contributed by atoms with E-state index in [1.165, 1.54) is 0 Å². The van der Waals surface area contributed by atoms with Crippen LogP contribution in [0.25, 0.3) is 16.8 Å². The maximum absolute atomic E-state index is 5.58. The first-order valence-corrected chi connectivity index (χ1v) is 8.46. The second kappa shape index (κ2) is 6.02. The molecule has 0 aliphatic rings. The zero-order valence-electron chi connectivity index (χ0n) is 15.5. The van der Waals surface area contributed by atoms with Gasteiger partial charge in [-0.1, -0.05) is 20.8 Å². The monoisotopic (exact) mass is 338 g/mol. The largest absolute Gasteiger partial charge is 0.368 e. The first-order chi connectivity index (χ1) is 11.6. The van der Waals surface area contributed by atoms with Gasteiger partial charge in [0.25, 0.3) is 0 Å². The van der Waals surface area contributed by atoms with E-state index in [1.807, 2.05) is 24.5 Å². The van der Waals surface area contributed by atoms with Crippen LogP contribution in [0.2, 0.25) is 0 Å². The van der Waals surface area contributed by atoms with E-state index >= 15 is 0 Å². The van der Waals surface area contributed by atoms with Crippen LogP contribution in [0.3, 0.4) is 0 Å². The van der Waals surface area contributed by atoms with E-state index in [0.29, 0.717) is 0 Å². The molecule has 0 aromatic carbocycles. The molecule has 0 aliphatic carbocycles. The van der Waals surface area contributed by atoms with Crippen LogP contribution in [-0.2, 0) is 0 Å². The molecule has 0 unspecified atom stereocenters. The number of pyridine rings is 1. The number of hydrogen-bond donors (Lipinski definition) is 2. The molecule has 25 heavy (non-hydrogen) atoms. The average Bonchev–Trinajstić information content (AvgIpc) is 2.87. The Hall–Kier alpha value is -2.63. The maximum Gasteiger partial charge on any atom is 0.219 e. The molecule has 3 rings (SSSR count). The summed E-state index contributed by atoms with van der Waals surface area (Å²) >= 11 is 0. The molecule has 3 aromatic heterocycles. The van der Waals surface area contributed by atoms with Crippen molar-refractivity contribution in [3.8, 4) is 11.1 Å². The van der Waals surface area contributed by atoms with E-state index in [9.17, 15) is 0 Å². The minimum atomic E-state index is -0.0471. The van der Waals surface area contributed by atoms with Crippen LogP contribution in [0.4, 0.5) is 11.8 Å². The van der Waals surface area contributed by atoms with Crippen molar-refractivity contribution < 1.29 is 0 Å². The van der Waals surface area contributed by atoms with Gasteiger partial charge in [0, 0.05) is 35.3 Å². The number of nitrogens with two attached hydrogens (primary N) is 1. The SMILES string of the molecule is CC(C)(C)CC(C)(C)Nc1cnc2ccc(-c3cnc(N)nc3)cn12. The highest BCUT2D eigenvalue weighted by molar-refractivity contribution is 5.65. The predicted octanol–water partition coefficient (Wildman–Crippen LogP) is 4.00. The van der Waals surface area contributed by atoms with Crippen LogP contribution in [-0.4, -0.2) is 24.9 Å². The summed E-state index contributed by atoms with van der Waals surface area (Å²) in [5, 5.41) is 3.63. The van der Waals surface area contributed by atoms with Gasteiger partial charge in [0.1, 0.15) is 11.5 Å². The van der Waals surface area contributed by atoms with Gasteiger partial charge in [-0.25, -0.2) is 15.0 Å². The van der Waals surface area contributed by atoms with Crippen LogP contribution < -0.4 is 11.1 Å². The molecular weight excluding hydrogens is 312 g/mol. The van der Waals surface area contributed by atoms with Crippen molar-refractivity contribution in [3.63, 3.8) is 0 Å². The number of imidazole rings is 1.